The van der Waals surface area contributed by atoms with Gasteiger partial charge >= 0.3 is 0 Å². The number of nitrogens with one attached hydrogen (secondary N) is 3. The molecule has 9 nitrogen and oxygen atoms in total. The maximum atomic E-state index is 13.7. The number of carbonyl (C=O) groups is 3. The number of thioether (sulfide) groups is 1. The molecule has 0 aliphatic rings. The Morgan fingerprint density at radius 3 is 1.96 bits per heavy atom. The fourth-order valence-corrected chi connectivity index (χ4v) is 6.23. The topological polar surface area (TPSA) is 130 Å². The maximum Gasteiger partial charge on any atom is 0.272 e. The summed E-state index contributed by atoms with van der Waals surface area (Å²) in [5.41, 5.74) is 2.88. The molecule has 3 amide bonds. The minimum absolute atomic E-state index is 0.0701. The lowest BCUT2D eigenvalue weighted by molar-refractivity contribution is -0.384. The molecule has 0 spiro atoms. The van der Waals surface area contributed by atoms with Crippen LogP contribution < -0.4 is 16.0 Å². The van der Waals surface area contributed by atoms with E-state index in [-0.39, 0.29) is 17.3 Å². The number of anilines is 2. The van der Waals surface area contributed by atoms with Crippen LogP contribution in [-0.2, 0) is 9.59 Å². The van der Waals surface area contributed by atoms with Crippen LogP contribution in [0.4, 0.5) is 17.1 Å². The summed E-state index contributed by atoms with van der Waals surface area (Å²) in [6.07, 6.45) is 1.66. The molecule has 0 aliphatic heterocycles. The van der Waals surface area contributed by atoms with E-state index in [0.717, 1.165) is 26.8 Å². The molecule has 0 aromatic heterocycles. The van der Waals surface area contributed by atoms with Crippen molar-refractivity contribution in [3.8, 4) is 0 Å². The number of benzene rings is 6. The molecule has 0 saturated carbocycles. The third kappa shape index (κ3) is 8.30. The molecule has 246 valence electrons. The molecule has 0 aliphatic carbocycles. The van der Waals surface area contributed by atoms with Crippen LogP contribution in [0.2, 0.25) is 0 Å². The average Bonchev–Trinajstić information content (AvgIpc) is 3.15. The van der Waals surface area contributed by atoms with Crippen molar-refractivity contribution >= 4 is 63.4 Å². The predicted octanol–water partition coefficient (Wildman–Crippen LogP) is 8.63. The molecule has 0 radical (unpaired) electrons. The minimum atomic E-state index is -0.643. The fourth-order valence-electron chi connectivity index (χ4n) is 5.20. The highest BCUT2D eigenvalue weighted by Gasteiger charge is 2.23. The molecule has 0 saturated heterocycles. The Labute approximate surface area is 292 Å². The number of hydrogen-bond acceptors (Lipinski definition) is 6. The second kappa shape index (κ2) is 15.6. The largest absolute Gasteiger partial charge is 0.325 e. The summed E-state index contributed by atoms with van der Waals surface area (Å²) in [7, 11) is 0. The van der Waals surface area contributed by atoms with Crippen LogP contribution in [0.25, 0.3) is 16.8 Å². The number of rotatable bonds is 11. The number of carbonyl (C=O) groups excluding carboxylic acids is 3. The van der Waals surface area contributed by atoms with Gasteiger partial charge in [-0.05, 0) is 76.5 Å². The number of nitro groups is 1. The summed E-state index contributed by atoms with van der Waals surface area (Å²) in [5, 5.41) is 20.9. The first-order valence-corrected chi connectivity index (χ1v) is 16.5. The van der Waals surface area contributed by atoms with E-state index in [1.165, 1.54) is 36.0 Å². The Bertz CT molecular complexity index is 2180. The normalized spacial score (nSPS) is 11.7. The van der Waals surface area contributed by atoms with Crippen LogP contribution in [-0.4, -0.2) is 22.6 Å². The van der Waals surface area contributed by atoms with Gasteiger partial charge in [-0.25, -0.2) is 0 Å². The predicted molar refractivity (Wildman–Crippen MR) is 198 cm³/mol. The van der Waals surface area contributed by atoms with Crippen molar-refractivity contribution in [2.45, 2.75) is 10.1 Å². The van der Waals surface area contributed by atoms with Gasteiger partial charge < -0.3 is 16.0 Å². The Morgan fingerprint density at radius 1 is 0.660 bits per heavy atom. The number of fused-ring (bicyclic) bond motifs is 1. The lowest BCUT2D eigenvalue weighted by atomic mass is 10.0. The quantitative estimate of drug-likeness (QED) is 0.0544. The molecular weight excluding hydrogens is 649 g/mol. The molecule has 6 aromatic carbocycles. The summed E-state index contributed by atoms with van der Waals surface area (Å²) in [5.74, 6) is -1.23. The van der Waals surface area contributed by atoms with Gasteiger partial charge in [0.1, 0.15) is 10.9 Å². The average molecular weight is 679 g/mol. The number of non-ortho nitro benzene ring substituents is 1. The van der Waals surface area contributed by atoms with Crippen LogP contribution in [0, 0.1) is 10.1 Å². The van der Waals surface area contributed by atoms with E-state index in [0.29, 0.717) is 16.9 Å². The van der Waals surface area contributed by atoms with Crippen molar-refractivity contribution in [3.05, 3.63) is 184 Å². The van der Waals surface area contributed by atoms with Gasteiger partial charge in [-0.15, -0.1) is 11.8 Å². The van der Waals surface area contributed by atoms with E-state index in [1.54, 1.807) is 54.6 Å². The van der Waals surface area contributed by atoms with Crippen molar-refractivity contribution in [1.82, 2.24) is 5.32 Å². The third-order valence-electron chi connectivity index (χ3n) is 7.70. The van der Waals surface area contributed by atoms with E-state index < -0.39 is 22.0 Å². The zero-order valence-electron chi connectivity index (χ0n) is 26.5. The molecule has 10 heteroatoms. The Kier molecular flexibility index (Phi) is 10.4. The number of hydrogen-bond donors (Lipinski definition) is 3. The number of nitro benzene ring substituents is 1. The van der Waals surface area contributed by atoms with Crippen LogP contribution in [0.15, 0.2) is 162 Å². The lowest BCUT2D eigenvalue weighted by Gasteiger charge is -2.17. The Hall–Kier alpha value is -6.52. The second-order valence-electron chi connectivity index (χ2n) is 11.1. The van der Waals surface area contributed by atoms with Gasteiger partial charge in [0.05, 0.1) is 4.92 Å². The Morgan fingerprint density at radius 2 is 1.26 bits per heavy atom. The molecule has 50 heavy (non-hydrogen) atoms. The van der Waals surface area contributed by atoms with Crippen molar-refractivity contribution in [2.24, 2.45) is 0 Å². The van der Waals surface area contributed by atoms with E-state index >= 15 is 0 Å². The van der Waals surface area contributed by atoms with Crippen molar-refractivity contribution in [2.75, 3.05) is 10.6 Å². The summed E-state index contributed by atoms with van der Waals surface area (Å²) < 4.78 is 0. The zero-order chi connectivity index (χ0) is 34.9. The van der Waals surface area contributed by atoms with Gasteiger partial charge in [0, 0.05) is 34.0 Å². The van der Waals surface area contributed by atoms with Crippen LogP contribution in [0.3, 0.4) is 0 Å². The van der Waals surface area contributed by atoms with E-state index in [1.807, 2.05) is 78.9 Å². The van der Waals surface area contributed by atoms with Crippen LogP contribution >= 0.6 is 11.8 Å². The van der Waals surface area contributed by atoms with Gasteiger partial charge in [-0.1, -0.05) is 91.0 Å². The second-order valence-corrected chi connectivity index (χ2v) is 12.3. The zero-order valence-corrected chi connectivity index (χ0v) is 27.3. The first-order valence-electron chi connectivity index (χ1n) is 15.6. The third-order valence-corrected chi connectivity index (χ3v) is 8.97. The monoisotopic (exact) mass is 678 g/mol. The van der Waals surface area contributed by atoms with Gasteiger partial charge in [-0.2, -0.15) is 0 Å². The molecular formula is C40H30N4O5S. The first-order chi connectivity index (χ1) is 24.3. The summed E-state index contributed by atoms with van der Waals surface area (Å²) in [6, 6.07) is 44.2. The van der Waals surface area contributed by atoms with Gasteiger partial charge in [0.25, 0.3) is 17.5 Å². The highest BCUT2D eigenvalue weighted by molar-refractivity contribution is 8.00. The fraction of sp³-hybridized carbons (Fsp3) is 0.0250. The number of amides is 3. The summed E-state index contributed by atoms with van der Waals surface area (Å²) >= 11 is 1.32. The highest BCUT2D eigenvalue weighted by Crippen LogP contribution is 2.37. The molecule has 0 fully saturated rings. The van der Waals surface area contributed by atoms with Crippen LogP contribution in [0.5, 0.6) is 0 Å². The maximum absolute atomic E-state index is 13.7. The van der Waals surface area contributed by atoms with Crippen LogP contribution in [0.1, 0.15) is 26.7 Å². The molecule has 0 bridgehead atoms. The smallest absolute Gasteiger partial charge is 0.272 e. The minimum Gasteiger partial charge on any atom is -0.325 e. The van der Waals surface area contributed by atoms with Gasteiger partial charge in [0.15, 0.2) is 0 Å². The molecule has 0 heterocycles. The van der Waals surface area contributed by atoms with Crippen molar-refractivity contribution in [1.29, 1.82) is 0 Å². The molecule has 6 aromatic rings. The summed E-state index contributed by atoms with van der Waals surface area (Å²) in [6.45, 7) is 0. The molecule has 1 unspecified atom stereocenters. The SMILES string of the molecule is O=C(Nc1ccc(SC(C(=O)Nc2ccc([N+](=O)[O-])cc2)c2ccccc2)cc1)/C(=C/c1cccc2ccccc12)NC(=O)c1ccccc1. The van der Waals surface area contributed by atoms with E-state index in [9.17, 15) is 24.5 Å². The summed E-state index contributed by atoms with van der Waals surface area (Å²) in [4.78, 5) is 51.6. The lowest BCUT2D eigenvalue weighted by Crippen LogP contribution is -2.30. The van der Waals surface area contributed by atoms with E-state index in [4.69, 9.17) is 0 Å². The molecule has 3 N–H and O–H groups in total. The van der Waals surface area contributed by atoms with Gasteiger partial charge in [-0.3, -0.25) is 24.5 Å². The van der Waals surface area contributed by atoms with Crippen molar-refractivity contribution in [3.63, 3.8) is 0 Å². The standard InChI is InChI=1S/C40H30N4O5S/c45-38(29-13-5-2-6-14-29)43-36(26-30-16-9-15-27-10-7-8-17-35(27)30)39(46)41-32-20-24-34(25-21-32)50-37(28-11-3-1-4-12-28)40(47)42-31-18-22-33(23-19-31)44(48)49/h1-26,37H,(H,41,46)(H,42,47)(H,43,45)/b36-26-. The molecule has 6 rings (SSSR count). The van der Waals surface area contributed by atoms with Gasteiger partial charge in [0.2, 0.25) is 5.91 Å². The number of nitrogens with zero attached hydrogens (tertiary/aromatic N) is 1. The highest BCUT2D eigenvalue weighted by atomic mass is 32.2. The van der Waals surface area contributed by atoms with Crippen molar-refractivity contribution < 1.29 is 19.3 Å². The van der Waals surface area contributed by atoms with E-state index in [2.05, 4.69) is 16.0 Å². The Balaban J connectivity index is 1.21. The first kappa shape index (κ1) is 33.4. The molecule has 1 atom stereocenters.